The van der Waals surface area contributed by atoms with Gasteiger partial charge in [0, 0.05) is 11.1 Å². The van der Waals surface area contributed by atoms with E-state index in [2.05, 4.69) is 5.32 Å². The Hall–Kier alpha value is -1.43. The van der Waals surface area contributed by atoms with Gasteiger partial charge in [-0.3, -0.25) is 0 Å². The number of halogens is 1. The van der Waals surface area contributed by atoms with Gasteiger partial charge in [0.05, 0.1) is 18.0 Å². The molecule has 0 saturated heterocycles. The first-order valence-electron chi connectivity index (χ1n) is 6.62. The molecule has 112 valence electrons. The lowest BCUT2D eigenvalue weighted by atomic mass is 10.0. The van der Waals surface area contributed by atoms with Gasteiger partial charge in [0.25, 0.3) is 0 Å². The molecule has 0 bridgehead atoms. The van der Waals surface area contributed by atoms with Crippen LogP contribution < -0.4 is 19.5 Å². The van der Waals surface area contributed by atoms with Crippen molar-refractivity contribution in [1.29, 1.82) is 0 Å². The van der Waals surface area contributed by atoms with E-state index in [1.807, 2.05) is 30.6 Å². The van der Waals surface area contributed by atoms with Crippen molar-refractivity contribution in [3.8, 4) is 17.2 Å². The van der Waals surface area contributed by atoms with Crippen LogP contribution in [0.5, 0.6) is 17.2 Å². The van der Waals surface area contributed by atoms with E-state index in [0.29, 0.717) is 24.0 Å². The van der Waals surface area contributed by atoms with Gasteiger partial charge in [-0.2, -0.15) is 0 Å². The molecule has 1 unspecified atom stereocenters. The highest BCUT2D eigenvalue weighted by Crippen LogP contribution is 2.42. The Morgan fingerprint density at radius 2 is 2.00 bits per heavy atom. The molecular formula is C15H16ClNO3S. The minimum Gasteiger partial charge on any atom is -0.496 e. The van der Waals surface area contributed by atoms with Crippen LogP contribution in [-0.2, 0) is 0 Å². The van der Waals surface area contributed by atoms with Crippen LogP contribution in [0.1, 0.15) is 16.5 Å². The van der Waals surface area contributed by atoms with Crippen LogP contribution in [0, 0.1) is 0 Å². The Kier molecular flexibility index (Phi) is 4.24. The molecule has 0 fully saturated rings. The molecule has 2 heterocycles. The number of thiophene rings is 1. The minimum atomic E-state index is -0.0525. The van der Waals surface area contributed by atoms with E-state index >= 15 is 0 Å². The number of fused-ring (bicyclic) bond motifs is 1. The molecule has 2 aromatic rings. The Labute approximate surface area is 132 Å². The molecule has 3 rings (SSSR count). The summed E-state index contributed by atoms with van der Waals surface area (Å²) in [5.41, 5.74) is 0.948. The number of hydrogen-bond acceptors (Lipinski definition) is 5. The van der Waals surface area contributed by atoms with Gasteiger partial charge in [-0.1, -0.05) is 11.6 Å². The van der Waals surface area contributed by atoms with Gasteiger partial charge in [0.15, 0.2) is 11.5 Å². The molecule has 1 N–H and O–H groups in total. The number of rotatable bonds is 4. The number of benzene rings is 1. The third-order valence-corrected chi connectivity index (χ3v) is 4.69. The number of methoxy groups -OCH3 is 1. The number of hydrogen-bond donors (Lipinski definition) is 1. The Morgan fingerprint density at radius 1 is 1.29 bits per heavy atom. The summed E-state index contributed by atoms with van der Waals surface area (Å²) in [5, 5.41) is 5.94. The summed E-state index contributed by atoms with van der Waals surface area (Å²) in [6.07, 6.45) is 0. The highest BCUT2D eigenvalue weighted by molar-refractivity contribution is 7.10. The summed E-state index contributed by atoms with van der Waals surface area (Å²) in [7, 11) is 3.57. The van der Waals surface area contributed by atoms with Crippen molar-refractivity contribution in [3.63, 3.8) is 0 Å². The smallest absolute Gasteiger partial charge is 0.162 e. The van der Waals surface area contributed by atoms with E-state index in [0.717, 1.165) is 21.9 Å². The van der Waals surface area contributed by atoms with Crippen LogP contribution in [-0.4, -0.2) is 27.4 Å². The first-order valence-corrected chi connectivity index (χ1v) is 7.88. The van der Waals surface area contributed by atoms with Crippen LogP contribution in [0.25, 0.3) is 0 Å². The topological polar surface area (TPSA) is 39.7 Å². The van der Waals surface area contributed by atoms with Crippen LogP contribution in [0.2, 0.25) is 5.02 Å². The fraction of sp³-hybridized carbons (Fsp3) is 0.333. The molecule has 1 atom stereocenters. The van der Waals surface area contributed by atoms with E-state index in [-0.39, 0.29) is 6.04 Å². The molecule has 21 heavy (non-hydrogen) atoms. The summed E-state index contributed by atoms with van der Waals surface area (Å²) in [6, 6.07) is 5.66. The van der Waals surface area contributed by atoms with Gasteiger partial charge < -0.3 is 19.5 Å². The van der Waals surface area contributed by atoms with Gasteiger partial charge in [-0.05, 0) is 30.1 Å². The molecule has 1 aliphatic heterocycles. The molecule has 0 spiro atoms. The average molecular weight is 326 g/mol. The predicted octanol–water partition coefficient (Wildman–Crippen LogP) is 3.49. The van der Waals surface area contributed by atoms with Crippen molar-refractivity contribution in [1.82, 2.24) is 5.32 Å². The molecule has 1 aromatic carbocycles. The zero-order chi connectivity index (χ0) is 14.8. The third-order valence-electron chi connectivity index (χ3n) is 3.40. The highest BCUT2D eigenvalue weighted by Gasteiger charge is 2.24. The van der Waals surface area contributed by atoms with Gasteiger partial charge in [0.1, 0.15) is 19.0 Å². The van der Waals surface area contributed by atoms with Crippen molar-refractivity contribution in [2.45, 2.75) is 6.04 Å². The molecule has 0 aliphatic carbocycles. The lowest BCUT2D eigenvalue weighted by Crippen LogP contribution is -2.19. The van der Waals surface area contributed by atoms with Gasteiger partial charge in [-0.25, -0.2) is 0 Å². The van der Waals surface area contributed by atoms with Crippen LogP contribution in [0.15, 0.2) is 23.6 Å². The normalized spacial score (nSPS) is 14.8. The molecular weight excluding hydrogens is 310 g/mol. The number of ether oxygens (including phenoxy) is 3. The van der Waals surface area contributed by atoms with Gasteiger partial charge in [0.2, 0.25) is 0 Å². The second-order valence-electron chi connectivity index (χ2n) is 4.59. The Bertz CT molecular complexity index is 644. The second-order valence-corrected chi connectivity index (χ2v) is 5.95. The lowest BCUT2D eigenvalue weighted by Gasteiger charge is -2.23. The maximum atomic E-state index is 6.44. The van der Waals surface area contributed by atoms with Crippen LogP contribution in [0.4, 0.5) is 0 Å². The largest absolute Gasteiger partial charge is 0.496 e. The van der Waals surface area contributed by atoms with Gasteiger partial charge >= 0.3 is 0 Å². The zero-order valence-electron chi connectivity index (χ0n) is 11.8. The summed E-state index contributed by atoms with van der Waals surface area (Å²) in [4.78, 5) is 1.08. The molecule has 1 aromatic heterocycles. The summed E-state index contributed by atoms with van der Waals surface area (Å²) < 4.78 is 16.6. The monoisotopic (exact) mass is 325 g/mol. The highest BCUT2D eigenvalue weighted by atomic mass is 35.5. The molecule has 0 amide bonds. The van der Waals surface area contributed by atoms with Crippen molar-refractivity contribution in [3.05, 3.63) is 39.0 Å². The van der Waals surface area contributed by atoms with Crippen LogP contribution >= 0.6 is 22.9 Å². The quantitative estimate of drug-likeness (QED) is 0.934. The lowest BCUT2D eigenvalue weighted by molar-refractivity contribution is 0.171. The van der Waals surface area contributed by atoms with Crippen molar-refractivity contribution >= 4 is 22.9 Å². The summed E-state index contributed by atoms with van der Waals surface area (Å²) in [5.74, 6) is 2.28. The summed E-state index contributed by atoms with van der Waals surface area (Å²) >= 11 is 8.06. The van der Waals surface area contributed by atoms with E-state index < -0.39 is 0 Å². The molecule has 4 nitrogen and oxygen atoms in total. The average Bonchev–Trinajstić information content (AvgIpc) is 2.97. The molecule has 0 saturated carbocycles. The van der Waals surface area contributed by atoms with Crippen molar-refractivity contribution in [2.24, 2.45) is 0 Å². The molecule has 0 radical (unpaired) electrons. The van der Waals surface area contributed by atoms with E-state index in [4.69, 9.17) is 25.8 Å². The first kappa shape index (κ1) is 14.5. The fourth-order valence-corrected chi connectivity index (χ4v) is 3.67. The van der Waals surface area contributed by atoms with Crippen molar-refractivity contribution < 1.29 is 14.2 Å². The van der Waals surface area contributed by atoms with E-state index in [1.165, 1.54) is 0 Å². The van der Waals surface area contributed by atoms with Gasteiger partial charge in [-0.15, -0.1) is 11.3 Å². The maximum absolute atomic E-state index is 6.44. The SMILES string of the molecule is CNC(c1cc2c(cc1Cl)OCCO2)c1sccc1OC. The summed E-state index contributed by atoms with van der Waals surface area (Å²) in [6.45, 7) is 1.11. The molecule has 1 aliphatic rings. The number of nitrogens with one attached hydrogen (secondary N) is 1. The van der Waals surface area contributed by atoms with E-state index in [9.17, 15) is 0 Å². The maximum Gasteiger partial charge on any atom is 0.162 e. The first-order chi connectivity index (χ1) is 10.2. The van der Waals surface area contributed by atoms with E-state index in [1.54, 1.807) is 18.4 Å². The third kappa shape index (κ3) is 2.69. The Balaban J connectivity index is 2.05. The minimum absolute atomic E-state index is 0.0525. The second kappa shape index (κ2) is 6.13. The van der Waals surface area contributed by atoms with Crippen LogP contribution in [0.3, 0.4) is 0 Å². The fourth-order valence-electron chi connectivity index (χ4n) is 2.42. The standard InChI is InChI=1S/C15H16ClNO3S/c1-17-14(15-11(18-2)3-6-21-15)9-7-12-13(8-10(9)16)20-5-4-19-12/h3,6-8,14,17H,4-5H2,1-2H3. The Morgan fingerprint density at radius 3 is 2.67 bits per heavy atom. The molecule has 6 heteroatoms. The van der Waals surface area contributed by atoms with Crippen molar-refractivity contribution in [2.75, 3.05) is 27.4 Å². The zero-order valence-corrected chi connectivity index (χ0v) is 13.4. The predicted molar refractivity (Wildman–Crippen MR) is 84.2 cm³/mol.